The Balaban J connectivity index is 1.92. The van der Waals surface area contributed by atoms with E-state index in [-0.39, 0.29) is 12.0 Å². The molecule has 1 N–H and O–H groups in total. The van der Waals surface area contributed by atoms with Crippen LogP contribution in [-0.4, -0.2) is 66.8 Å². The summed E-state index contributed by atoms with van der Waals surface area (Å²) in [5.41, 5.74) is 2.07. The highest BCUT2D eigenvalue weighted by atomic mass is 16.5. The molecule has 1 aliphatic rings. The van der Waals surface area contributed by atoms with Gasteiger partial charge in [-0.2, -0.15) is 0 Å². The molecular weight excluding hydrogens is 280 g/mol. The molecule has 22 heavy (non-hydrogen) atoms. The van der Waals surface area contributed by atoms with Crippen LogP contribution < -0.4 is 4.74 Å². The Morgan fingerprint density at radius 1 is 1.32 bits per heavy atom. The number of carbonyl (C=O) groups is 1. The highest BCUT2D eigenvalue weighted by molar-refractivity contribution is 5.79. The van der Waals surface area contributed by atoms with E-state index in [1.807, 2.05) is 30.0 Å². The molecule has 0 aromatic heterocycles. The molecule has 1 aromatic rings. The molecule has 0 bridgehead atoms. The summed E-state index contributed by atoms with van der Waals surface area (Å²) in [7, 11) is 1.63. The average molecular weight is 306 g/mol. The van der Waals surface area contributed by atoms with Crippen LogP contribution in [0.15, 0.2) is 18.2 Å². The van der Waals surface area contributed by atoms with Gasteiger partial charge in [-0.15, -0.1) is 0 Å². The van der Waals surface area contributed by atoms with E-state index < -0.39 is 0 Å². The van der Waals surface area contributed by atoms with E-state index >= 15 is 0 Å². The van der Waals surface area contributed by atoms with Crippen molar-refractivity contribution in [1.82, 2.24) is 9.80 Å². The van der Waals surface area contributed by atoms with E-state index in [2.05, 4.69) is 4.90 Å². The predicted molar refractivity (Wildman–Crippen MR) is 86.1 cm³/mol. The second-order valence-electron chi connectivity index (χ2n) is 6.02. The standard InChI is InChI=1S/C17H26N2O3/c1-13-4-5-16(22-3)15(10-13)11-17(21)19-8-6-18(7-9-19)12-14(2)20/h4-5,10,14,20H,6-9,11-12H2,1-3H3. The minimum absolute atomic E-state index is 0.139. The molecule has 0 aliphatic carbocycles. The normalized spacial score (nSPS) is 17.4. The topological polar surface area (TPSA) is 53.0 Å². The van der Waals surface area contributed by atoms with E-state index in [1.54, 1.807) is 14.0 Å². The lowest BCUT2D eigenvalue weighted by atomic mass is 10.1. The number of hydrogen-bond acceptors (Lipinski definition) is 4. The molecule has 0 spiro atoms. The number of aliphatic hydroxyl groups excluding tert-OH is 1. The predicted octanol–water partition coefficient (Wildman–Crippen LogP) is 1.07. The van der Waals surface area contributed by atoms with Gasteiger partial charge in [0.2, 0.25) is 5.91 Å². The van der Waals surface area contributed by atoms with Crippen molar-refractivity contribution >= 4 is 5.91 Å². The second-order valence-corrected chi connectivity index (χ2v) is 6.02. The van der Waals surface area contributed by atoms with E-state index in [4.69, 9.17) is 4.74 Å². The Hall–Kier alpha value is -1.59. The van der Waals surface area contributed by atoms with Gasteiger partial charge >= 0.3 is 0 Å². The number of β-amino-alcohol motifs (C(OH)–C–C–N with tert-alkyl or cyclic N) is 1. The number of carbonyl (C=O) groups excluding carboxylic acids is 1. The van der Waals surface area contributed by atoms with Crippen molar-refractivity contribution < 1.29 is 14.6 Å². The average Bonchev–Trinajstić information content (AvgIpc) is 2.47. The molecule has 1 atom stereocenters. The zero-order valence-electron chi connectivity index (χ0n) is 13.7. The van der Waals surface area contributed by atoms with Crippen molar-refractivity contribution in [2.75, 3.05) is 39.8 Å². The first kappa shape index (κ1) is 16.8. The van der Waals surface area contributed by atoms with E-state index in [0.29, 0.717) is 13.0 Å². The number of amides is 1. The summed E-state index contributed by atoms with van der Waals surface area (Å²) in [6.07, 6.45) is 0.0557. The van der Waals surface area contributed by atoms with Crippen LogP contribution in [0, 0.1) is 6.92 Å². The third kappa shape index (κ3) is 4.45. The molecule has 122 valence electrons. The summed E-state index contributed by atoms with van der Waals surface area (Å²) in [5, 5.41) is 9.42. The van der Waals surface area contributed by atoms with Crippen LogP contribution >= 0.6 is 0 Å². The first-order valence-corrected chi connectivity index (χ1v) is 7.81. The summed E-state index contributed by atoms with van der Waals surface area (Å²) < 4.78 is 5.34. The van der Waals surface area contributed by atoms with Crippen LogP contribution in [-0.2, 0) is 11.2 Å². The van der Waals surface area contributed by atoms with Gasteiger partial charge in [0.05, 0.1) is 19.6 Å². The first-order chi connectivity index (χ1) is 10.5. The van der Waals surface area contributed by atoms with Crippen molar-refractivity contribution in [3.05, 3.63) is 29.3 Å². The fourth-order valence-corrected chi connectivity index (χ4v) is 2.87. The van der Waals surface area contributed by atoms with Crippen LogP contribution in [0.2, 0.25) is 0 Å². The van der Waals surface area contributed by atoms with Gasteiger partial charge in [-0.25, -0.2) is 0 Å². The molecule has 2 rings (SSSR count). The van der Waals surface area contributed by atoms with E-state index in [1.165, 1.54) is 0 Å². The Bertz CT molecular complexity index is 509. The molecule has 1 unspecified atom stereocenters. The number of benzene rings is 1. The quantitative estimate of drug-likeness (QED) is 0.884. The number of nitrogens with zero attached hydrogens (tertiary/aromatic N) is 2. The molecule has 1 heterocycles. The van der Waals surface area contributed by atoms with Gasteiger partial charge in [0, 0.05) is 38.3 Å². The fraction of sp³-hybridized carbons (Fsp3) is 0.588. The van der Waals surface area contributed by atoms with Gasteiger partial charge < -0.3 is 14.7 Å². The molecule has 5 nitrogen and oxygen atoms in total. The van der Waals surface area contributed by atoms with Crippen LogP contribution in [0.4, 0.5) is 0 Å². The Morgan fingerprint density at radius 2 is 2.00 bits per heavy atom. The lowest BCUT2D eigenvalue weighted by molar-refractivity contribution is -0.132. The lowest BCUT2D eigenvalue weighted by Crippen LogP contribution is -2.50. The highest BCUT2D eigenvalue weighted by Gasteiger charge is 2.22. The second kappa shape index (κ2) is 7.61. The summed E-state index contributed by atoms with van der Waals surface area (Å²) in [5.74, 6) is 0.910. The minimum atomic E-state index is -0.321. The van der Waals surface area contributed by atoms with Gasteiger partial charge in [-0.3, -0.25) is 9.69 Å². The monoisotopic (exact) mass is 306 g/mol. The maximum Gasteiger partial charge on any atom is 0.227 e. The Kier molecular flexibility index (Phi) is 5.80. The number of piperazine rings is 1. The van der Waals surface area contributed by atoms with Crippen LogP contribution in [0.1, 0.15) is 18.1 Å². The Labute approximate surface area is 132 Å². The summed E-state index contributed by atoms with van der Waals surface area (Å²) in [4.78, 5) is 16.6. The van der Waals surface area contributed by atoms with Gasteiger partial charge in [-0.05, 0) is 19.9 Å². The molecule has 0 radical (unpaired) electrons. The molecule has 1 amide bonds. The summed E-state index contributed by atoms with van der Waals surface area (Å²) in [6, 6.07) is 5.92. The lowest BCUT2D eigenvalue weighted by Gasteiger charge is -2.35. The molecule has 1 aromatic carbocycles. The maximum atomic E-state index is 12.5. The van der Waals surface area contributed by atoms with Crippen LogP contribution in [0.3, 0.4) is 0 Å². The van der Waals surface area contributed by atoms with Crippen LogP contribution in [0.25, 0.3) is 0 Å². The number of ether oxygens (including phenoxy) is 1. The summed E-state index contributed by atoms with van der Waals surface area (Å²) in [6.45, 7) is 7.57. The van der Waals surface area contributed by atoms with E-state index in [9.17, 15) is 9.90 Å². The van der Waals surface area contributed by atoms with Crippen molar-refractivity contribution in [2.45, 2.75) is 26.4 Å². The van der Waals surface area contributed by atoms with Crippen molar-refractivity contribution in [3.8, 4) is 5.75 Å². The largest absolute Gasteiger partial charge is 0.496 e. The van der Waals surface area contributed by atoms with E-state index in [0.717, 1.165) is 43.1 Å². The molecule has 1 saturated heterocycles. The highest BCUT2D eigenvalue weighted by Crippen LogP contribution is 2.21. The summed E-state index contributed by atoms with van der Waals surface area (Å²) >= 11 is 0. The van der Waals surface area contributed by atoms with Crippen molar-refractivity contribution in [1.29, 1.82) is 0 Å². The van der Waals surface area contributed by atoms with Gasteiger partial charge in [0.25, 0.3) is 0 Å². The molecule has 1 aliphatic heterocycles. The molecule has 0 saturated carbocycles. The number of aryl methyl sites for hydroxylation is 1. The zero-order chi connectivity index (χ0) is 16.1. The van der Waals surface area contributed by atoms with Gasteiger partial charge in [-0.1, -0.05) is 17.7 Å². The maximum absolute atomic E-state index is 12.5. The number of hydrogen-bond donors (Lipinski definition) is 1. The molecule has 1 fully saturated rings. The molecular formula is C17H26N2O3. The SMILES string of the molecule is COc1ccc(C)cc1CC(=O)N1CCN(CC(C)O)CC1. The first-order valence-electron chi connectivity index (χ1n) is 7.81. The van der Waals surface area contributed by atoms with Crippen molar-refractivity contribution in [2.24, 2.45) is 0 Å². The van der Waals surface area contributed by atoms with Gasteiger partial charge in [0.1, 0.15) is 5.75 Å². The zero-order valence-corrected chi connectivity index (χ0v) is 13.7. The number of aliphatic hydroxyl groups is 1. The number of methoxy groups -OCH3 is 1. The van der Waals surface area contributed by atoms with Gasteiger partial charge in [0.15, 0.2) is 0 Å². The van der Waals surface area contributed by atoms with Crippen LogP contribution in [0.5, 0.6) is 5.75 Å². The fourth-order valence-electron chi connectivity index (χ4n) is 2.87. The van der Waals surface area contributed by atoms with Crippen molar-refractivity contribution in [3.63, 3.8) is 0 Å². The Morgan fingerprint density at radius 3 is 2.59 bits per heavy atom. The third-order valence-corrected chi connectivity index (χ3v) is 4.02. The smallest absolute Gasteiger partial charge is 0.227 e. The minimum Gasteiger partial charge on any atom is -0.496 e. The third-order valence-electron chi connectivity index (χ3n) is 4.02. The molecule has 5 heteroatoms. The number of rotatable bonds is 5.